The van der Waals surface area contributed by atoms with Crippen molar-refractivity contribution >= 4 is 38.9 Å². The molecule has 0 aliphatic carbocycles. The van der Waals surface area contributed by atoms with E-state index in [0.29, 0.717) is 5.02 Å². The summed E-state index contributed by atoms with van der Waals surface area (Å²) in [5.74, 6) is 0.00817. The molecule has 1 unspecified atom stereocenters. The van der Waals surface area contributed by atoms with E-state index in [1.807, 2.05) is 30.3 Å². The van der Waals surface area contributed by atoms with Crippen LogP contribution in [0.2, 0.25) is 5.02 Å². The zero-order valence-electron chi connectivity index (χ0n) is 14.5. The Morgan fingerprint density at radius 1 is 1.19 bits per heavy atom. The molecule has 26 heavy (non-hydrogen) atoms. The first-order valence-corrected chi connectivity index (χ1v) is 10.1. The number of thiophene rings is 1. The molecule has 1 aromatic heterocycles. The van der Waals surface area contributed by atoms with Gasteiger partial charge in [0.25, 0.3) is 5.91 Å². The zero-order chi connectivity index (χ0) is 17.9. The van der Waals surface area contributed by atoms with Gasteiger partial charge in [0.1, 0.15) is 0 Å². The second kappa shape index (κ2) is 7.78. The number of piperidine rings is 1. The molecule has 134 valence electrons. The average molecular weight is 385 g/mol. The number of rotatable bonds is 4. The Balaban J connectivity index is 1.41. The monoisotopic (exact) mass is 384 g/mol. The normalized spacial score (nSPS) is 18.1. The molecule has 2 heterocycles. The highest BCUT2D eigenvalue weighted by Crippen LogP contribution is 2.31. The summed E-state index contributed by atoms with van der Waals surface area (Å²) in [5, 5.41) is 4.87. The topological polar surface area (TPSA) is 32.3 Å². The summed E-state index contributed by atoms with van der Waals surface area (Å²) in [6.45, 7) is 2.91. The minimum atomic E-state index is 0.00817. The van der Waals surface area contributed by atoms with Crippen molar-refractivity contribution in [1.82, 2.24) is 10.2 Å². The lowest BCUT2D eigenvalue weighted by Gasteiger charge is -2.33. The van der Waals surface area contributed by atoms with Crippen molar-refractivity contribution in [2.24, 2.45) is 0 Å². The number of amides is 1. The Kier molecular flexibility index (Phi) is 5.25. The number of carbonyl (C=O) groups excluding carboxylic acids is 1. The van der Waals surface area contributed by atoms with Crippen LogP contribution in [0.25, 0.3) is 10.1 Å². The maximum absolute atomic E-state index is 12.7. The van der Waals surface area contributed by atoms with Crippen LogP contribution >= 0.6 is 22.9 Å². The van der Waals surface area contributed by atoms with Crippen LogP contribution in [0, 0.1) is 0 Å². The second-order valence-corrected chi connectivity index (χ2v) is 8.29. The quantitative estimate of drug-likeness (QED) is 0.690. The number of nitrogens with one attached hydrogen (secondary N) is 1. The largest absolute Gasteiger partial charge is 0.347 e. The molecule has 4 rings (SSSR count). The Labute approximate surface area is 162 Å². The lowest BCUT2D eigenvalue weighted by molar-refractivity contribution is 0.0905. The van der Waals surface area contributed by atoms with Crippen molar-refractivity contribution in [1.29, 1.82) is 0 Å². The summed E-state index contributed by atoms with van der Waals surface area (Å²) in [5.41, 5.74) is 1.32. The van der Waals surface area contributed by atoms with E-state index in [9.17, 15) is 4.79 Å². The van der Waals surface area contributed by atoms with E-state index in [4.69, 9.17) is 11.6 Å². The van der Waals surface area contributed by atoms with Gasteiger partial charge in [0.05, 0.1) is 4.88 Å². The molecule has 1 aliphatic rings. The standard InChI is InChI=1S/C21H21ClN2OS/c22-18-9-4-10-19-17(18)12-20(26-19)21(25)23-16-8-5-11-24(14-16)13-15-6-2-1-3-7-15/h1-4,6-7,9-10,12,16H,5,8,11,13-14H2,(H,23,25). The van der Waals surface area contributed by atoms with Crippen LogP contribution in [0.4, 0.5) is 0 Å². The van der Waals surface area contributed by atoms with Gasteiger partial charge in [0, 0.05) is 34.2 Å². The first-order valence-electron chi connectivity index (χ1n) is 8.94. The predicted molar refractivity (Wildman–Crippen MR) is 109 cm³/mol. The number of hydrogen-bond acceptors (Lipinski definition) is 3. The Morgan fingerprint density at radius 2 is 2.04 bits per heavy atom. The molecule has 0 saturated carbocycles. The molecule has 0 bridgehead atoms. The fraction of sp³-hybridized carbons (Fsp3) is 0.286. The molecule has 1 saturated heterocycles. The van der Waals surface area contributed by atoms with Crippen LogP contribution in [-0.4, -0.2) is 29.9 Å². The van der Waals surface area contributed by atoms with Gasteiger partial charge in [0.2, 0.25) is 0 Å². The molecule has 0 radical (unpaired) electrons. The molecule has 5 heteroatoms. The van der Waals surface area contributed by atoms with Crippen molar-refractivity contribution in [3.05, 3.63) is 70.1 Å². The van der Waals surface area contributed by atoms with Crippen LogP contribution in [0.5, 0.6) is 0 Å². The van der Waals surface area contributed by atoms with E-state index in [2.05, 4.69) is 34.5 Å². The van der Waals surface area contributed by atoms with Gasteiger partial charge in [-0.15, -0.1) is 11.3 Å². The number of halogens is 1. The lowest BCUT2D eigenvalue weighted by Crippen LogP contribution is -2.47. The van der Waals surface area contributed by atoms with Crippen molar-refractivity contribution in [3.8, 4) is 0 Å². The van der Waals surface area contributed by atoms with Crippen LogP contribution < -0.4 is 5.32 Å². The van der Waals surface area contributed by atoms with Gasteiger partial charge in [-0.3, -0.25) is 9.69 Å². The molecular weight excluding hydrogens is 364 g/mol. The Bertz CT molecular complexity index is 909. The van der Waals surface area contributed by atoms with Crippen LogP contribution in [-0.2, 0) is 6.54 Å². The predicted octanol–water partition coefficient (Wildman–Crippen LogP) is 4.95. The van der Waals surface area contributed by atoms with Crippen molar-refractivity contribution in [2.75, 3.05) is 13.1 Å². The van der Waals surface area contributed by atoms with Gasteiger partial charge in [-0.05, 0) is 43.1 Å². The van der Waals surface area contributed by atoms with E-state index in [1.54, 1.807) is 0 Å². The Morgan fingerprint density at radius 3 is 2.85 bits per heavy atom. The fourth-order valence-electron chi connectivity index (χ4n) is 3.55. The fourth-order valence-corrected chi connectivity index (χ4v) is 4.83. The van der Waals surface area contributed by atoms with Gasteiger partial charge in [-0.2, -0.15) is 0 Å². The van der Waals surface area contributed by atoms with Gasteiger partial charge < -0.3 is 5.32 Å². The molecule has 3 aromatic rings. The maximum atomic E-state index is 12.7. The lowest BCUT2D eigenvalue weighted by atomic mass is 10.0. The third kappa shape index (κ3) is 3.93. The third-order valence-electron chi connectivity index (χ3n) is 4.82. The molecule has 1 aliphatic heterocycles. The van der Waals surface area contributed by atoms with Gasteiger partial charge in [0.15, 0.2) is 0 Å². The zero-order valence-corrected chi connectivity index (χ0v) is 16.0. The smallest absolute Gasteiger partial charge is 0.261 e. The third-order valence-corrected chi connectivity index (χ3v) is 6.25. The number of nitrogens with zero attached hydrogens (tertiary/aromatic N) is 1. The number of likely N-dealkylation sites (tertiary alicyclic amines) is 1. The maximum Gasteiger partial charge on any atom is 0.261 e. The molecule has 1 fully saturated rings. The van der Waals surface area contributed by atoms with E-state index >= 15 is 0 Å². The second-order valence-electron chi connectivity index (χ2n) is 6.80. The van der Waals surface area contributed by atoms with E-state index < -0.39 is 0 Å². The van der Waals surface area contributed by atoms with E-state index in [1.165, 1.54) is 16.9 Å². The first-order chi connectivity index (χ1) is 12.7. The van der Waals surface area contributed by atoms with Crippen molar-refractivity contribution in [2.45, 2.75) is 25.4 Å². The average Bonchev–Trinajstić information content (AvgIpc) is 3.09. The highest BCUT2D eigenvalue weighted by molar-refractivity contribution is 7.20. The first kappa shape index (κ1) is 17.5. The number of carbonyl (C=O) groups is 1. The molecule has 1 N–H and O–H groups in total. The highest BCUT2D eigenvalue weighted by Gasteiger charge is 2.22. The SMILES string of the molecule is O=C(NC1CCCN(Cc2ccccc2)C1)c1cc2c(Cl)cccc2s1. The molecule has 1 amide bonds. The summed E-state index contributed by atoms with van der Waals surface area (Å²) >= 11 is 7.73. The minimum Gasteiger partial charge on any atom is -0.347 e. The summed E-state index contributed by atoms with van der Waals surface area (Å²) in [4.78, 5) is 15.8. The van der Waals surface area contributed by atoms with Crippen LogP contribution in [0.15, 0.2) is 54.6 Å². The molecule has 1 atom stereocenters. The van der Waals surface area contributed by atoms with Crippen molar-refractivity contribution < 1.29 is 4.79 Å². The van der Waals surface area contributed by atoms with E-state index in [-0.39, 0.29) is 11.9 Å². The van der Waals surface area contributed by atoms with Gasteiger partial charge in [-0.25, -0.2) is 0 Å². The number of fused-ring (bicyclic) bond motifs is 1. The molecule has 0 spiro atoms. The van der Waals surface area contributed by atoms with Crippen LogP contribution in [0.3, 0.4) is 0 Å². The number of hydrogen-bond donors (Lipinski definition) is 1. The van der Waals surface area contributed by atoms with Crippen LogP contribution in [0.1, 0.15) is 28.1 Å². The summed E-state index contributed by atoms with van der Waals surface area (Å²) in [6, 6.07) is 18.4. The molecule has 2 aromatic carbocycles. The summed E-state index contributed by atoms with van der Waals surface area (Å²) in [7, 11) is 0. The Hall–Kier alpha value is -1.88. The molecular formula is C21H21ClN2OS. The van der Waals surface area contributed by atoms with E-state index in [0.717, 1.165) is 47.4 Å². The van der Waals surface area contributed by atoms with Gasteiger partial charge >= 0.3 is 0 Å². The minimum absolute atomic E-state index is 0.00817. The highest BCUT2D eigenvalue weighted by atomic mass is 35.5. The number of benzene rings is 2. The van der Waals surface area contributed by atoms with Crippen molar-refractivity contribution in [3.63, 3.8) is 0 Å². The molecule has 3 nitrogen and oxygen atoms in total. The summed E-state index contributed by atoms with van der Waals surface area (Å²) < 4.78 is 1.05. The summed E-state index contributed by atoms with van der Waals surface area (Å²) in [6.07, 6.45) is 2.14. The van der Waals surface area contributed by atoms with Gasteiger partial charge in [-0.1, -0.05) is 48.0 Å².